The van der Waals surface area contributed by atoms with Crippen molar-refractivity contribution < 1.29 is 9.90 Å². The van der Waals surface area contributed by atoms with Crippen LogP contribution in [0.25, 0.3) is 0 Å². The number of aliphatic hydroxyl groups excluding tert-OH is 1. The number of piperidine rings is 2. The average molecular weight is 351 g/mol. The zero-order chi connectivity index (χ0) is 17.1. The Bertz CT molecular complexity index is 555. The van der Waals surface area contributed by atoms with Crippen LogP contribution in [-0.4, -0.2) is 59.1 Å². The molecule has 2 atom stereocenters. The highest BCUT2D eigenvalue weighted by Crippen LogP contribution is 2.27. The molecule has 2 fully saturated rings. The first-order valence-corrected chi connectivity index (χ1v) is 9.33. The van der Waals surface area contributed by atoms with E-state index < -0.39 is 0 Å². The van der Waals surface area contributed by atoms with Gasteiger partial charge in [-0.2, -0.15) is 0 Å². The third-order valence-corrected chi connectivity index (χ3v) is 5.81. The molecule has 0 saturated carbocycles. The minimum absolute atomic E-state index is 0.183. The van der Waals surface area contributed by atoms with Crippen LogP contribution in [0.3, 0.4) is 0 Å². The Labute approximate surface area is 149 Å². The molecule has 2 saturated heterocycles. The van der Waals surface area contributed by atoms with Crippen molar-refractivity contribution in [3.05, 3.63) is 34.9 Å². The molecule has 0 aliphatic carbocycles. The van der Waals surface area contributed by atoms with E-state index in [2.05, 4.69) is 17.0 Å². The van der Waals surface area contributed by atoms with E-state index in [1.807, 2.05) is 17.0 Å². The van der Waals surface area contributed by atoms with Crippen molar-refractivity contribution in [2.45, 2.75) is 44.8 Å². The van der Waals surface area contributed by atoms with Crippen LogP contribution in [0, 0.1) is 5.92 Å². The number of likely N-dealkylation sites (tertiary alicyclic amines) is 2. The molecule has 24 heavy (non-hydrogen) atoms. The number of halogens is 1. The van der Waals surface area contributed by atoms with E-state index in [1.165, 1.54) is 5.56 Å². The smallest absolute Gasteiger partial charge is 0.219 e. The molecule has 1 amide bonds. The molecule has 0 aromatic heterocycles. The van der Waals surface area contributed by atoms with Gasteiger partial charge in [0.1, 0.15) is 0 Å². The van der Waals surface area contributed by atoms with Crippen LogP contribution in [0.2, 0.25) is 5.02 Å². The zero-order valence-corrected chi connectivity index (χ0v) is 15.1. The highest BCUT2D eigenvalue weighted by Gasteiger charge is 2.33. The Morgan fingerprint density at radius 2 is 1.83 bits per heavy atom. The van der Waals surface area contributed by atoms with Crippen LogP contribution in [-0.2, 0) is 11.2 Å². The standard InChI is InChI=1S/C19H27ClN2O2/c1-14(23)21-9-6-18(7-10-21)22-11-8-19(24)16(13-22)12-15-2-4-17(20)5-3-15/h2-5,16,18-19,24H,6-13H2,1H3/t16-,19+/m1/s1. The molecule has 0 unspecified atom stereocenters. The normalized spacial score (nSPS) is 26.5. The topological polar surface area (TPSA) is 43.8 Å². The van der Waals surface area contributed by atoms with Gasteiger partial charge in [-0.25, -0.2) is 0 Å². The average Bonchev–Trinajstić information content (AvgIpc) is 2.59. The monoisotopic (exact) mass is 350 g/mol. The molecular formula is C19H27ClN2O2. The molecule has 132 valence electrons. The van der Waals surface area contributed by atoms with E-state index in [1.54, 1.807) is 6.92 Å². The van der Waals surface area contributed by atoms with E-state index in [9.17, 15) is 9.90 Å². The van der Waals surface area contributed by atoms with Crippen molar-refractivity contribution in [1.29, 1.82) is 0 Å². The molecule has 0 bridgehead atoms. The molecule has 2 heterocycles. The first kappa shape index (κ1) is 17.7. The first-order chi connectivity index (χ1) is 11.5. The fraction of sp³-hybridized carbons (Fsp3) is 0.632. The van der Waals surface area contributed by atoms with Gasteiger partial charge in [-0.05, 0) is 43.4 Å². The Morgan fingerprint density at radius 1 is 1.17 bits per heavy atom. The van der Waals surface area contributed by atoms with Gasteiger partial charge in [0, 0.05) is 50.1 Å². The van der Waals surface area contributed by atoms with Crippen molar-refractivity contribution >= 4 is 17.5 Å². The SMILES string of the molecule is CC(=O)N1CCC(N2CC[C@H](O)[C@H](Cc3ccc(Cl)cc3)C2)CC1. The van der Waals surface area contributed by atoms with Crippen LogP contribution in [0.4, 0.5) is 0 Å². The summed E-state index contributed by atoms with van der Waals surface area (Å²) in [5, 5.41) is 11.2. The van der Waals surface area contributed by atoms with Crippen molar-refractivity contribution in [3.8, 4) is 0 Å². The molecule has 4 nitrogen and oxygen atoms in total. The largest absolute Gasteiger partial charge is 0.393 e. The Balaban J connectivity index is 1.57. The molecule has 0 spiro atoms. The number of hydrogen-bond acceptors (Lipinski definition) is 3. The third kappa shape index (κ3) is 4.29. The molecule has 1 N–H and O–H groups in total. The quantitative estimate of drug-likeness (QED) is 0.911. The van der Waals surface area contributed by atoms with Gasteiger partial charge in [0.05, 0.1) is 6.10 Å². The summed E-state index contributed by atoms with van der Waals surface area (Å²) in [4.78, 5) is 16.0. The van der Waals surface area contributed by atoms with E-state index >= 15 is 0 Å². The predicted octanol–water partition coefficient (Wildman–Crippen LogP) is 2.58. The number of carbonyl (C=O) groups excluding carboxylic acids is 1. The molecule has 3 rings (SSSR count). The lowest BCUT2D eigenvalue weighted by atomic mass is 9.87. The van der Waals surface area contributed by atoms with E-state index in [4.69, 9.17) is 11.6 Å². The molecule has 5 heteroatoms. The van der Waals surface area contributed by atoms with Gasteiger partial charge in [-0.15, -0.1) is 0 Å². The minimum atomic E-state index is -0.228. The summed E-state index contributed by atoms with van der Waals surface area (Å²) in [6.07, 6.45) is 3.59. The lowest BCUT2D eigenvalue weighted by molar-refractivity contribution is -0.130. The molecule has 2 aliphatic rings. The highest BCUT2D eigenvalue weighted by atomic mass is 35.5. The van der Waals surface area contributed by atoms with Gasteiger partial charge in [0.2, 0.25) is 5.91 Å². The van der Waals surface area contributed by atoms with Gasteiger partial charge < -0.3 is 10.0 Å². The van der Waals surface area contributed by atoms with Gasteiger partial charge in [-0.3, -0.25) is 9.69 Å². The minimum Gasteiger partial charge on any atom is -0.393 e. The maximum Gasteiger partial charge on any atom is 0.219 e. The number of carbonyl (C=O) groups is 1. The summed E-state index contributed by atoms with van der Waals surface area (Å²) in [5.41, 5.74) is 1.23. The van der Waals surface area contributed by atoms with E-state index in [0.717, 1.165) is 56.9 Å². The summed E-state index contributed by atoms with van der Waals surface area (Å²) in [6.45, 7) is 5.28. The van der Waals surface area contributed by atoms with Crippen LogP contribution in [0.1, 0.15) is 31.7 Å². The van der Waals surface area contributed by atoms with Crippen molar-refractivity contribution in [2.75, 3.05) is 26.2 Å². The fourth-order valence-corrected chi connectivity index (χ4v) is 4.18. The zero-order valence-electron chi connectivity index (χ0n) is 14.3. The highest BCUT2D eigenvalue weighted by molar-refractivity contribution is 6.30. The molecule has 1 aromatic rings. The maximum atomic E-state index is 11.5. The van der Waals surface area contributed by atoms with Gasteiger partial charge in [0.25, 0.3) is 0 Å². The van der Waals surface area contributed by atoms with Crippen molar-refractivity contribution in [1.82, 2.24) is 9.80 Å². The number of aliphatic hydroxyl groups is 1. The molecule has 0 radical (unpaired) electrons. The second-order valence-electron chi connectivity index (χ2n) is 7.18. The molecule has 2 aliphatic heterocycles. The van der Waals surface area contributed by atoms with Gasteiger partial charge >= 0.3 is 0 Å². The molecule has 1 aromatic carbocycles. The van der Waals surface area contributed by atoms with Crippen LogP contribution >= 0.6 is 11.6 Å². The summed E-state index contributed by atoms with van der Waals surface area (Å²) < 4.78 is 0. The Kier molecular flexibility index (Phi) is 5.80. The number of amides is 1. The predicted molar refractivity (Wildman–Crippen MR) is 96.1 cm³/mol. The summed E-state index contributed by atoms with van der Waals surface area (Å²) in [6, 6.07) is 8.49. The second kappa shape index (κ2) is 7.85. The van der Waals surface area contributed by atoms with E-state index in [0.29, 0.717) is 6.04 Å². The summed E-state index contributed by atoms with van der Waals surface area (Å²) in [7, 11) is 0. The summed E-state index contributed by atoms with van der Waals surface area (Å²) >= 11 is 5.96. The second-order valence-corrected chi connectivity index (χ2v) is 7.62. The number of nitrogens with zero attached hydrogens (tertiary/aromatic N) is 2. The van der Waals surface area contributed by atoms with Gasteiger partial charge in [0.15, 0.2) is 0 Å². The Hall–Kier alpha value is -1.10. The lowest BCUT2D eigenvalue weighted by Gasteiger charge is -2.43. The lowest BCUT2D eigenvalue weighted by Crippen LogP contribution is -2.52. The number of hydrogen-bond donors (Lipinski definition) is 1. The van der Waals surface area contributed by atoms with Crippen molar-refractivity contribution in [3.63, 3.8) is 0 Å². The number of rotatable bonds is 3. The van der Waals surface area contributed by atoms with Gasteiger partial charge in [-0.1, -0.05) is 23.7 Å². The van der Waals surface area contributed by atoms with Crippen LogP contribution < -0.4 is 0 Å². The maximum absolute atomic E-state index is 11.5. The molecular weight excluding hydrogens is 324 g/mol. The van der Waals surface area contributed by atoms with E-state index in [-0.39, 0.29) is 17.9 Å². The fourth-order valence-electron chi connectivity index (χ4n) is 4.05. The number of benzene rings is 1. The van der Waals surface area contributed by atoms with Crippen LogP contribution in [0.5, 0.6) is 0 Å². The summed E-state index contributed by atoms with van der Waals surface area (Å²) in [5.74, 6) is 0.453. The third-order valence-electron chi connectivity index (χ3n) is 5.56. The van der Waals surface area contributed by atoms with Crippen molar-refractivity contribution in [2.24, 2.45) is 5.92 Å². The van der Waals surface area contributed by atoms with Crippen LogP contribution in [0.15, 0.2) is 24.3 Å². The first-order valence-electron chi connectivity index (χ1n) is 8.95. The Morgan fingerprint density at radius 3 is 2.46 bits per heavy atom.